The van der Waals surface area contributed by atoms with E-state index < -0.39 is 47.2 Å². The summed E-state index contributed by atoms with van der Waals surface area (Å²) in [7, 11) is 0. The third-order valence-corrected chi connectivity index (χ3v) is 5.54. The Labute approximate surface area is 226 Å². The summed E-state index contributed by atoms with van der Waals surface area (Å²) < 4.78 is 62.4. The molecule has 208 valence electrons. The summed E-state index contributed by atoms with van der Waals surface area (Å²) in [6.45, 7) is 4.92. The van der Waals surface area contributed by atoms with Gasteiger partial charge in [0.25, 0.3) is 11.7 Å². The van der Waals surface area contributed by atoms with Crippen molar-refractivity contribution in [3.63, 3.8) is 0 Å². The van der Waals surface area contributed by atoms with Gasteiger partial charge in [-0.2, -0.15) is 13.2 Å². The molecule has 1 aromatic heterocycles. The molecule has 0 saturated carbocycles. The average Bonchev–Trinajstić information content (AvgIpc) is 2.88. The maximum atomic E-state index is 13.9. The lowest BCUT2D eigenvalue weighted by molar-refractivity contribution is -0.154. The Morgan fingerprint density at radius 2 is 1.60 bits per heavy atom. The van der Waals surface area contributed by atoms with Gasteiger partial charge in [0.05, 0.1) is 17.6 Å². The van der Waals surface area contributed by atoms with Crippen LogP contribution >= 0.6 is 0 Å². The molecule has 0 aliphatic carbocycles. The molecule has 3 aromatic carbocycles. The van der Waals surface area contributed by atoms with Crippen LogP contribution in [0.25, 0.3) is 11.0 Å². The molecule has 0 spiro atoms. The Morgan fingerprint density at radius 3 is 2.23 bits per heavy atom. The van der Waals surface area contributed by atoms with Gasteiger partial charge in [-0.1, -0.05) is 6.07 Å². The molecule has 0 unspecified atom stereocenters. The molecule has 0 fully saturated rings. The van der Waals surface area contributed by atoms with Crippen molar-refractivity contribution in [2.75, 3.05) is 18.5 Å². The van der Waals surface area contributed by atoms with Crippen molar-refractivity contribution in [1.29, 1.82) is 0 Å². The van der Waals surface area contributed by atoms with Gasteiger partial charge in [-0.05, 0) is 80.4 Å². The van der Waals surface area contributed by atoms with Gasteiger partial charge in [0.2, 0.25) is 11.2 Å². The Morgan fingerprint density at radius 1 is 0.925 bits per heavy atom. The molecule has 0 atom stereocenters. The molecule has 4 rings (SSSR count). The minimum absolute atomic E-state index is 0.000407. The molecule has 0 aliphatic rings. The highest BCUT2D eigenvalue weighted by Gasteiger charge is 2.40. The molecule has 0 bridgehead atoms. The SMILES string of the molecule is CCOC(=O)c1ccc(NC(=O)COc2ccc3c(=O)c(Oc4cc(C)cc(C)c4)c(C(F)(F)F)oc3c2)cc1. The Bertz CT molecular complexity index is 1610. The van der Waals surface area contributed by atoms with Crippen molar-refractivity contribution >= 4 is 28.5 Å². The van der Waals surface area contributed by atoms with E-state index in [-0.39, 0.29) is 23.5 Å². The number of alkyl halides is 3. The molecule has 11 heteroatoms. The molecule has 0 radical (unpaired) electrons. The van der Waals surface area contributed by atoms with Crippen molar-refractivity contribution in [1.82, 2.24) is 0 Å². The summed E-state index contributed by atoms with van der Waals surface area (Å²) in [5.74, 6) is -3.57. The Hall–Kier alpha value is -4.80. The molecule has 8 nitrogen and oxygen atoms in total. The molecule has 0 aliphatic heterocycles. The van der Waals surface area contributed by atoms with Crippen LogP contribution in [0.4, 0.5) is 18.9 Å². The smallest absolute Gasteiger partial charge is 0.453 e. The number of carbonyl (C=O) groups excluding carboxylic acids is 2. The third kappa shape index (κ3) is 6.60. The average molecular weight is 556 g/mol. The van der Waals surface area contributed by atoms with E-state index in [9.17, 15) is 27.6 Å². The first-order chi connectivity index (χ1) is 18.9. The lowest BCUT2D eigenvalue weighted by Crippen LogP contribution is -2.20. The van der Waals surface area contributed by atoms with Crippen LogP contribution in [0.2, 0.25) is 0 Å². The zero-order valence-electron chi connectivity index (χ0n) is 21.7. The number of halogens is 3. The van der Waals surface area contributed by atoms with E-state index in [1.165, 1.54) is 48.5 Å². The summed E-state index contributed by atoms with van der Waals surface area (Å²) in [5, 5.41) is 2.41. The van der Waals surface area contributed by atoms with E-state index in [4.69, 9.17) is 18.6 Å². The van der Waals surface area contributed by atoms with Crippen LogP contribution in [0, 0.1) is 13.8 Å². The van der Waals surface area contributed by atoms with Gasteiger partial charge in [0.1, 0.15) is 17.1 Å². The fraction of sp³-hybridized carbons (Fsp3) is 0.207. The van der Waals surface area contributed by atoms with E-state index >= 15 is 0 Å². The number of hydrogen-bond acceptors (Lipinski definition) is 7. The van der Waals surface area contributed by atoms with E-state index in [1.807, 2.05) is 6.07 Å². The number of rotatable bonds is 8. The lowest BCUT2D eigenvalue weighted by Gasteiger charge is -2.14. The van der Waals surface area contributed by atoms with Crippen LogP contribution in [-0.2, 0) is 15.7 Å². The predicted octanol–water partition coefficient (Wildman–Crippen LogP) is 6.42. The fourth-order valence-corrected chi connectivity index (χ4v) is 3.89. The van der Waals surface area contributed by atoms with Crippen LogP contribution in [0.3, 0.4) is 0 Å². The van der Waals surface area contributed by atoms with Crippen molar-refractivity contribution in [2.24, 2.45) is 0 Å². The molecular weight excluding hydrogens is 531 g/mol. The summed E-state index contributed by atoms with van der Waals surface area (Å²) >= 11 is 0. The lowest BCUT2D eigenvalue weighted by atomic mass is 10.1. The maximum absolute atomic E-state index is 13.9. The van der Waals surface area contributed by atoms with Gasteiger partial charge in [-0.25, -0.2) is 4.79 Å². The minimum atomic E-state index is -5.03. The number of carbonyl (C=O) groups is 2. The van der Waals surface area contributed by atoms with E-state index in [0.29, 0.717) is 11.3 Å². The third-order valence-electron chi connectivity index (χ3n) is 5.54. The molecule has 1 heterocycles. The van der Waals surface area contributed by atoms with Crippen LogP contribution in [-0.4, -0.2) is 25.1 Å². The first-order valence-electron chi connectivity index (χ1n) is 12.1. The summed E-state index contributed by atoms with van der Waals surface area (Å²) in [6.07, 6.45) is -5.03. The number of anilines is 1. The van der Waals surface area contributed by atoms with E-state index in [2.05, 4.69) is 5.32 Å². The topological polar surface area (TPSA) is 104 Å². The predicted molar refractivity (Wildman–Crippen MR) is 140 cm³/mol. The molecule has 1 N–H and O–H groups in total. The minimum Gasteiger partial charge on any atom is -0.484 e. The second-order valence-corrected chi connectivity index (χ2v) is 8.81. The summed E-state index contributed by atoms with van der Waals surface area (Å²) in [6, 6.07) is 14.5. The molecule has 0 saturated heterocycles. The molecule has 4 aromatic rings. The second kappa shape index (κ2) is 11.5. The first-order valence-corrected chi connectivity index (χ1v) is 12.1. The van der Waals surface area contributed by atoms with Crippen LogP contribution in [0.1, 0.15) is 34.2 Å². The van der Waals surface area contributed by atoms with Crippen LogP contribution in [0.15, 0.2) is 69.9 Å². The number of benzene rings is 3. The van der Waals surface area contributed by atoms with Crippen molar-refractivity contribution < 1.29 is 41.4 Å². The Balaban J connectivity index is 1.53. The fourth-order valence-electron chi connectivity index (χ4n) is 3.89. The summed E-state index contributed by atoms with van der Waals surface area (Å²) in [5.41, 5.74) is 0.786. The highest BCUT2D eigenvalue weighted by molar-refractivity contribution is 5.93. The van der Waals surface area contributed by atoms with Gasteiger partial charge in [-0.15, -0.1) is 0 Å². The number of amides is 1. The van der Waals surface area contributed by atoms with E-state index in [0.717, 1.165) is 17.2 Å². The molecule has 1 amide bonds. The highest BCUT2D eigenvalue weighted by atomic mass is 19.4. The van der Waals surface area contributed by atoms with Crippen molar-refractivity contribution in [2.45, 2.75) is 26.9 Å². The zero-order chi connectivity index (χ0) is 29.0. The zero-order valence-corrected chi connectivity index (χ0v) is 21.7. The van der Waals surface area contributed by atoms with Gasteiger partial charge >= 0.3 is 12.1 Å². The number of esters is 1. The summed E-state index contributed by atoms with van der Waals surface area (Å²) in [4.78, 5) is 37.1. The Kier molecular flexibility index (Phi) is 8.13. The van der Waals surface area contributed by atoms with Gasteiger partial charge in [0, 0.05) is 11.8 Å². The van der Waals surface area contributed by atoms with Crippen LogP contribution in [0.5, 0.6) is 17.2 Å². The van der Waals surface area contributed by atoms with Crippen molar-refractivity contribution in [3.8, 4) is 17.2 Å². The number of aryl methyl sites for hydroxylation is 2. The largest absolute Gasteiger partial charge is 0.484 e. The van der Waals surface area contributed by atoms with Gasteiger partial charge < -0.3 is 23.9 Å². The van der Waals surface area contributed by atoms with Crippen molar-refractivity contribution in [3.05, 3.63) is 93.3 Å². The first kappa shape index (κ1) is 28.2. The quantitative estimate of drug-likeness (QED) is 0.250. The molecular formula is C29H24F3NO7. The number of hydrogen-bond donors (Lipinski definition) is 1. The van der Waals surface area contributed by atoms with E-state index in [1.54, 1.807) is 20.8 Å². The standard InChI is InChI=1S/C29H24F3NO7/c1-4-37-28(36)18-5-7-19(8-6-18)33-24(34)15-38-20-9-10-22-23(14-20)40-27(29(30,31)32)26(25(22)35)39-21-12-16(2)11-17(3)13-21/h5-14H,4,15H2,1-3H3,(H,33,34). The number of ether oxygens (including phenoxy) is 3. The molecule has 40 heavy (non-hydrogen) atoms. The van der Waals surface area contributed by atoms with Gasteiger partial charge in [-0.3, -0.25) is 9.59 Å². The van der Waals surface area contributed by atoms with Gasteiger partial charge in [0.15, 0.2) is 6.61 Å². The normalized spacial score (nSPS) is 11.2. The maximum Gasteiger partial charge on any atom is 0.453 e. The monoisotopic (exact) mass is 555 g/mol. The number of nitrogens with one attached hydrogen (secondary N) is 1. The highest BCUT2D eigenvalue weighted by Crippen LogP contribution is 2.39. The van der Waals surface area contributed by atoms with Crippen LogP contribution < -0.4 is 20.2 Å². The number of fused-ring (bicyclic) bond motifs is 1. The second-order valence-electron chi connectivity index (χ2n) is 8.81.